The van der Waals surface area contributed by atoms with Crippen molar-refractivity contribution < 1.29 is 9.53 Å². The summed E-state index contributed by atoms with van der Waals surface area (Å²) in [5.74, 6) is 1.47. The smallest absolute Gasteiger partial charge is 0.250 e. The highest BCUT2D eigenvalue weighted by atomic mass is 35.5. The summed E-state index contributed by atoms with van der Waals surface area (Å²) in [6, 6.07) is 12.7. The normalized spacial score (nSPS) is 13.5. The van der Waals surface area contributed by atoms with Crippen LogP contribution in [0.3, 0.4) is 0 Å². The molecule has 0 atom stereocenters. The van der Waals surface area contributed by atoms with E-state index in [0.29, 0.717) is 15.7 Å². The first-order chi connectivity index (χ1) is 14.6. The monoisotopic (exact) mass is 444 g/mol. The van der Waals surface area contributed by atoms with E-state index in [2.05, 4.69) is 20.1 Å². The summed E-state index contributed by atoms with van der Waals surface area (Å²) in [5, 5.41) is 12.7. The second-order valence-electron chi connectivity index (χ2n) is 7.23. The molecule has 0 unspecified atom stereocenters. The number of aryl methyl sites for hydroxylation is 1. The first kappa shape index (κ1) is 20.8. The van der Waals surface area contributed by atoms with Crippen molar-refractivity contribution in [2.75, 3.05) is 11.9 Å². The highest BCUT2D eigenvalue weighted by Gasteiger charge is 2.18. The first-order valence-corrected chi connectivity index (χ1v) is 10.7. The maximum absolute atomic E-state index is 12.3. The molecule has 0 fully saturated rings. The maximum atomic E-state index is 12.3. The Morgan fingerprint density at radius 3 is 2.80 bits per heavy atom. The van der Waals surface area contributed by atoms with Gasteiger partial charge in [0, 0.05) is 29.2 Å². The molecule has 1 aliphatic rings. The number of halogens is 2. The van der Waals surface area contributed by atoms with Crippen molar-refractivity contribution in [2.24, 2.45) is 0 Å². The molecule has 156 valence electrons. The van der Waals surface area contributed by atoms with Crippen molar-refractivity contribution in [2.45, 2.75) is 38.8 Å². The van der Waals surface area contributed by atoms with Gasteiger partial charge in [-0.05, 0) is 42.7 Å². The third kappa shape index (κ3) is 4.83. The van der Waals surface area contributed by atoms with Crippen LogP contribution < -0.4 is 5.32 Å². The molecule has 0 aliphatic carbocycles. The van der Waals surface area contributed by atoms with Crippen LogP contribution in [0.5, 0.6) is 0 Å². The van der Waals surface area contributed by atoms with E-state index < -0.39 is 0 Å². The van der Waals surface area contributed by atoms with E-state index in [4.69, 9.17) is 27.9 Å². The fraction of sp³-hybridized carbons (Fsp3) is 0.318. The Kier molecular flexibility index (Phi) is 6.67. The second kappa shape index (κ2) is 9.60. The van der Waals surface area contributed by atoms with Crippen molar-refractivity contribution in [1.29, 1.82) is 0 Å². The van der Waals surface area contributed by atoms with Crippen LogP contribution in [0.15, 0.2) is 42.5 Å². The predicted molar refractivity (Wildman–Crippen MR) is 118 cm³/mol. The number of hydrogen-bond acceptors (Lipinski definition) is 4. The number of nitrogens with zero attached hydrogens (tertiary/aromatic N) is 3. The average Bonchev–Trinajstić information content (AvgIpc) is 2.98. The average molecular weight is 445 g/mol. The van der Waals surface area contributed by atoms with Crippen molar-refractivity contribution >= 4 is 34.8 Å². The molecule has 2 aromatic carbocycles. The van der Waals surface area contributed by atoms with Gasteiger partial charge in [0.25, 0.3) is 0 Å². The van der Waals surface area contributed by atoms with Crippen LogP contribution in [0.1, 0.15) is 30.7 Å². The van der Waals surface area contributed by atoms with Gasteiger partial charge in [0.15, 0.2) is 5.82 Å². The quantitative estimate of drug-likeness (QED) is 0.571. The predicted octanol–water partition coefficient (Wildman–Crippen LogP) is 5.13. The van der Waals surface area contributed by atoms with Crippen LogP contribution in [-0.2, 0) is 29.1 Å². The Bertz CT molecular complexity index is 1050. The molecule has 1 aliphatic heterocycles. The molecule has 0 bridgehead atoms. The zero-order valence-electron chi connectivity index (χ0n) is 16.4. The molecule has 2 heterocycles. The summed E-state index contributed by atoms with van der Waals surface area (Å²) in [5.41, 5.74) is 2.23. The van der Waals surface area contributed by atoms with E-state index in [1.807, 2.05) is 24.3 Å². The van der Waals surface area contributed by atoms with Gasteiger partial charge in [0.05, 0.1) is 11.6 Å². The molecule has 6 nitrogen and oxygen atoms in total. The summed E-state index contributed by atoms with van der Waals surface area (Å²) >= 11 is 12.5. The van der Waals surface area contributed by atoms with E-state index in [-0.39, 0.29) is 19.1 Å². The van der Waals surface area contributed by atoms with Gasteiger partial charge in [0.2, 0.25) is 5.91 Å². The fourth-order valence-corrected chi connectivity index (χ4v) is 3.92. The van der Waals surface area contributed by atoms with Crippen LogP contribution in [0.25, 0.3) is 11.4 Å². The van der Waals surface area contributed by atoms with Crippen molar-refractivity contribution in [1.82, 2.24) is 14.8 Å². The minimum atomic E-state index is -0.254. The molecule has 1 amide bonds. The fourth-order valence-electron chi connectivity index (χ4n) is 3.52. The molecule has 0 radical (unpaired) electrons. The van der Waals surface area contributed by atoms with Gasteiger partial charge in [0.1, 0.15) is 12.4 Å². The number of carbonyl (C=O) groups excluding carboxylic acids is 1. The van der Waals surface area contributed by atoms with E-state index in [9.17, 15) is 4.79 Å². The van der Waals surface area contributed by atoms with E-state index in [0.717, 1.165) is 48.6 Å². The number of ether oxygens (including phenoxy) is 1. The minimum Gasteiger partial charge on any atom is -0.367 e. The Hall–Kier alpha value is -2.41. The molecule has 1 aromatic heterocycles. The molecule has 0 spiro atoms. The van der Waals surface area contributed by atoms with Gasteiger partial charge >= 0.3 is 0 Å². The number of aromatic nitrogens is 3. The number of carbonyl (C=O) groups is 1. The number of fused-ring (bicyclic) bond motifs is 1. The van der Waals surface area contributed by atoms with Crippen LogP contribution >= 0.6 is 23.2 Å². The minimum absolute atomic E-state index is 0.0798. The third-order valence-electron chi connectivity index (χ3n) is 5.05. The van der Waals surface area contributed by atoms with Gasteiger partial charge in [-0.2, -0.15) is 0 Å². The lowest BCUT2D eigenvalue weighted by atomic mass is 10.1. The summed E-state index contributed by atoms with van der Waals surface area (Å²) in [4.78, 5) is 12.3. The lowest BCUT2D eigenvalue weighted by Crippen LogP contribution is -2.18. The molecular formula is C22H22Cl2N4O2. The van der Waals surface area contributed by atoms with Crippen molar-refractivity contribution in [3.8, 4) is 11.4 Å². The van der Waals surface area contributed by atoms with Crippen LogP contribution in [0, 0.1) is 0 Å². The first-order valence-electron chi connectivity index (χ1n) is 9.95. The molecule has 4 rings (SSSR count). The van der Waals surface area contributed by atoms with Crippen LogP contribution in [0.4, 0.5) is 5.69 Å². The maximum Gasteiger partial charge on any atom is 0.250 e. The Balaban J connectivity index is 1.43. The Labute approximate surface area is 185 Å². The highest BCUT2D eigenvalue weighted by molar-refractivity contribution is 6.33. The van der Waals surface area contributed by atoms with Gasteiger partial charge in [-0.15, -0.1) is 10.2 Å². The van der Waals surface area contributed by atoms with Gasteiger partial charge < -0.3 is 14.6 Å². The molecular weight excluding hydrogens is 423 g/mol. The highest BCUT2D eigenvalue weighted by Crippen LogP contribution is 2.31. The number of hydrogen-bond donors (Lipinski definition) is 1. The molecule has 1 N–H and O–H groups in total. The van der Waals surface area contributed by atoms with E-state index in [1.165, 1.54) is 6.42 Å². The van der Waals surface area contributed by atoms with Gasteiger partial charge in [-0.1, -0.05) is 47.8 Å². The number of amides is 1. The summed E-state index contributed by atoms with van der Waals surface area (Å²) < 4.78 is 7.63. The number of nitrogens with one attached hydrogen (secondary N) is 1. The van der Waals surface area contributed by atoms with Crippen LogP contribution in [-0.4, -0.2) is 27.3 Å². The van der Waals surface area contributed by atoms with Crippen LogP contribution in [0.2, 0.25) is 10.0 Å². The van der Waals surface area contributed by atoms with Crippen molar-refractivity contribution in [3.63, 3.8) is 0 Å². The number of anilines is 1. The standard InChI is InChI=1S/C22H22Cl2N4O2/c23-18-7-4-3-6-15(18)13-30-14-21(29)25-16-9-10-19(24)17(12-16)22-27-26-20-8-2-1-5-11-28(20)22/h3-4,6-7,9-10,12H,1-2,5,8,11,13-14H2,(H,25,29). The lowest BCUT2D eigenvalue weighted by molar-refractivity contribution is -0.121. The van der Waals surface area contributed by atoms with Crippen molar-refractivity contribution in [3.05, 3.63) is 63.9 Å². The molecule has 0 saturated carbocycles. The Morgan fingerprint density at radius 2 is 1.93 bits per heavy atom. The topological polar surface area (TPSA) is 69.0 Å². The van der Waals surface area contributed by atoms with E-state index >= 15 is 0 Å². The number of benzene rings is 2. The summed E-state index contributed by atoms with van der Waals surface area (Å²) in [7, 11) is 0. The summed E-state index contributed by atoms with van der Waals surface area (Å²) in [6.07, 6.45) is 4.32. The van der Waals surface area contributed by atoms with E-state index in [1.54, 1.807) is 18.2 Å². The lowest BCUT2D eigenvalue weighted by Gasteiger charge is -2.11. The van der Waals surface area contributed by atoms with Gasteiger partial charge in [-0.3, -0.25) is 4.79 Å². The number of rotatable bonds is 6. The molecule has 3 aromatic rings. The Morgan fingerprint density at radius 1 is 1.07 bits per heavy atom. The summed E-state index contributed by atoms with van der Waals surface area (Å²) in [6.45, 7) is 1.06. The largest absolute Gasteiger partial charge is 0.367 e. The molecule has 8 heteroatoms. The molecule has 30 heavy (non-hydrogen) atoms. The zero-order chi connectivity index (χ0) is 20.9. The molecule has 0 saturated heterocycles. The third-order valence-corrected chi connectivity index (χ3v) is 5.75. The zero-order valence-corrected chi connectivity index (χ0v) is 17.9. The van der Waals surface area contributed by atoms with Gasteiger partial charge in [-0.25, -0.2) is 0 Å². The SMILES string of the molecule is O=C(COCc1ccccc1Cl)Nc1ccc(Cl)c(-c2nnc3n2CCCCC3)c1. The second-order valence-corrected chi connectivity index (χ2v) is 8.04.